The van der Waals surface area contributed by atoms with Crippen LogP contribution in [0.4, 0.5) is 0 Å². The van der Waals surface area contributed by atoms with Crippen molar-refractivity contribution in [3.8, 4) is 0 Å². The molecular weight excluding hydrogens is 258 g/mol. The third kappa shape index (κ3) is 3.76. The topological polar surface area (TPSA) is 83.4 Å². The summed E-state index contributed by atoms with van der Waals surface area (Å²) in [4.78, 5) is 32.5. The normalized spacial score (nSPS) is 18.9. The average molecular weight is 277 g/mol. The zero-order valence-corrected chi connectivity index (χ0v) is 11.6. The first-order valence-corrected chi connectivity index (χ1v) is 6.84. The minimum atomic E-state index is -0.836. The Morgan fingerprint density at radius 3 is 2.95 bits per heavy atom. The fourth-order valence-corrected chi connectivity index (χ4v) is 2.48. The van der Waals surface area contributed by atoms with Gasteiger partial charge in [0.05, 0.1) is 17.8 Å². The van der Waals surface area contributed by atoms with Gasteiger partial charge in [0.2, 0.25) is 5.91 Å². The summed E-state index contributed by atoms with van der Waals surface area (Å²) in [5.74, 6) is -0.549. The van der Waals surface area contributed by atoms with Crippen molar-refractivity contribution in [2.45, 2.75) is 38.5 Å². The minimum Gasteiger partial charge on any atom is -0.481 e. The largest absolute Gasteiger partial charge is 0.481 e. The van der Waals surface area contributed by atoms with Gasteiger partial charge in [-0.3, -0.25) is 19.6 Å². The van der Waals surface area contributed by atoms with E-state index in [1.54, 1.807) is 19.3 Å². The van der Waals surface area contributed by atoms with Crippen LogP contribution >= 0.6 is 0 Å². The lowest BCUT2D eigenvalue weighted by Crippen LogP contribution is -2.37. The van der Waals surface area contributed by atoms with E-state index in [2.05, 4.69) is 9.97 Å². The molecule has 1 aromatic heterocycles. The van der Waals surface area contributed by atoms with Gasteiger partial charge in [-0.05, 0) is 12.8 Å². The SMILES string of the molecule is CC(=O)N1CCCC(c2cncc(CCC(=O)O)n2)C1. The Hall–Kier alpha value is -1.98. The molecule has 0 aromatic carbocycles. The molecular formula is C14H19N3O3. The summed E-state index contributed by atoms with van der Waals surface area (Å²) in [5.41, 5.74) is 1.56. The molecule has 1 aromatic rings. The highest BCUT2D eigenvalue weighted by atomic mass is 16.4. The molecule has 1 aliphatic rings. The van der Waals surface area contributed by atoms with E-state index in [-0.39, 0.29) is 18.2 Å². The van der Waals surface area contributed by atoms with Gasteiger partial charge in [-0.1, -0.05) is 0 Å². The number of piperidine rings is 1. The highest BCUT2D eigenvalue weighted by molar-refractivity contribution is 5.73. The highest BCUT2D eigenvalue weighted by Gasteiger charge is 2.24. The zero-order chi connectivity index (χ0) is 14.5. The molecule has 108 valence electrons. The number of amides is 1. The Balaban J connectivity index is 2.06. The minimum absolute atomic E-state index is 0.0579. The summed E-state index contributed by atoms with van der Waals surface area (Å²) < 4.78 is 0. The number of hydrogen-bond donors (Lipinski definition) is 1. The Kier molecular flexibility index (Phi) is 4.65. The van der Waals surface area contributed by atoms with Crippen LogP contribution in [0.15, 0.2) is 12.4 Å². The maximum atomic E-state index is 11.4. The number of carboxylic acids is 1. The van der Waals surface area contributed by atoms with E-state index in [4.69, 9.17) is 5.11 Å². The number of likely N-dealkylation sites (tertiary alicyclic amines) is 1. The van der Waals surface area contributed by atoms with Crippen LogP contribution in [0.1, 0.15) is 43.5 Å². The number of nitrogens with zero attached hydrogens (tertiary/aromatic N) is 3. The van der Waals surface area contributed by atoms with Crippen LogP contribution in [-0.4, -0.2) is 44.9 Å². The first-order valence-electron chi connectivity index (χ1n) is 6.84. The maximum Gasteiger partial charge on any atom is 0.303 e. The van der Waals surface area contributed by atoms with E-state index in [9.17, 15) is 9.59 Å². The predicted octanol–water partition coefficient (Wildman–Crippen LogP) is 1.22. The van der Waals surface area contributed by atoms with Gasteiger partial charge in [0, 0.05) is 44.7 Å². The molecule has 2 rings (SSSR count). The second-order valence-corrected chi connectivity index (χ2v) is 5.13. The molecule has 0 aliphatic carbocycles. The third-order valence-electron chi connectivity index (χ3n) is 3.58. The molecule has 1 unspecified atom stereocenters. The smallest absolute Gasteiger partial charge is 0.303 e. The van der Waals surface area contributed by atoms with Crippen molar-refractivity contribution in [1.29, 1.82) is 0 Å². The molecule has 6 nitrogen and oxygen atoms in total. The molecule has 0 radical (unpaired) electrons. The van der Waals surface area contributed by atoms with Crippen LogP contribution < -0.4 is 0 Å². The van der Waals surface area contributed by atoms with Gasteiger partial charge >= 0.3 is 5.97 Å². The van der Waals surface area contributed by atoms with Gasteiger partial charge in [-0.15, -0.1) is 0 Å². The van der Waals surface area contributed by atoms with Crippen molar-refractivity contribution in [1.82, 2.24) is 14.9 Å². The number of aromatic nitrogens is 2. The zero-order valence-electron chi connectivity index (χ0n) is 11.6. The van der Waals surface area contributed by atoms with Crippen LogP contribution in [0.25, 0.3) is 0 Å². The van der Waals surface area contributed by atoms with Crippen LogP contribution in [-0.2, 0) is 16.0 Å². The van der Waals surface area contributed by atoms with E-state index < -0.39 is 5.97 Å². The summed E-state index contributed by atoms with van der Waals surface area (Å²) in [6.45, 7) is 3.06. The summed E-state index contributed by atoms with van der Waals surface area (Å²) in [6, 6.07) is 0. The van der Waals surface area contributed by atoms with E-state index in [1.807, 2.05) is 4.90 Å². The van der Waals surface area contributed by atoms with Gasteiger partial charge in [-0.25, -0.2) is 0 Å². The quantitative estimate of drug-likeness (QED) is 0.894. The number of carbonyl (C=O) groups excluding carboxylic acids is 1. The third-order valence-corrected chi connectivity index (χ3v) is 3.58. The molecule has 6 heteroatoms. The lowest BCUT2D eigenvalue weighted by molar-refractivity contribution is -0.137. The highest BCUT2D eigenvalue weighted by Crippen LogP contribution is 2.25. The van der Waals surface area contributed by atoms with Crippen molar-refractivity contribution in [3.05, 3.63) is 23.8 Å². The second kappa shape index (κ2) is 6.45. The van der Waals surface area contributed by atoms with Crippen LogP contribution in [0.5, 0.6) is 0 Å². The first-order chi connectivity index (χ1) is 9.56. The maximum absolute atomic E-state index is 11.4. The van der Waals surface area contributed by atoms with Crippen molar-refractivity contribution in [2.24, 2.45) is 0 Å². The summed E-state index contributed by atoms with van der Waals surface area (Å²) in [6.07, 6.45) is 5.73. The number of hydrogen-bond acceptors (Lipinski definition) is 4. The lowest BCUT2D eigenvalue weighted by atomic mass is 9.95. The number of aryl methyl sites for hydroxylation is 1. The van der Waals surface area contributed by atoms with Crippen LogP contribution in [0, 0.1) is 0 Å². The summed E-state index contributed by atoms with van der Waals surface area (Å²) in [7, 11) is 0. The second-order valence-electron chi connectivity index (χ2n) is 5.13. The van der Waals surface area contributed by atoms with Crippen LogP contribution in [0.2, 0.25) is 0 Å². The molecule has 1 saturated heterocycles. The van der Waals surface area contributed by atoms with Gasteiger partial charge in [-0.2, -0.15) is 0 Å². The van der Waals surface area contributed by atoms with E-state index in [1.165, 1.54) is 0 Å². The number of rotatable bonds is 4. The van der Waals surface area contributed by atoms with E-state index in [0.717, 1.165) is 25.1 Å². The molecule has 0 bridgehead atoms. The Morgan fingerprint density at radius 1 is 1.45 bits per heavy atom. The van der Waals surface area contributed by atoms with Crippen LogP contribution in [0.3, 0.4) is 0 Å². The van der Waals surface area contributed by atoms with Crippen molar-refractivity contribution in [2.75, 3.05) is 13.1 Å². The Bertz CT molecular complexity index is 504. The van der Waals surface area contributed by atoms with Gasteiger partial charge in [0.25, 0.3) is 0 Å². The first kappa shape index (κ1) is 14.4. The molecule has 20 heavy (non-hydrogen) atoms. The fraction of sp³-hybridized carbons (Fsp3) is 0.571. The Morgan fingerprint density at radius 2 is 2.25 bits per heavy atom. The molecule has 0 saturated carbocycles. The number of carboxylic acid groups (broad SMARTS) is 1. The average Bonchev–Trinajstić information content (AvgIpc) is 2.45. The molecule has 1 aliphatic heterocycles. The van der Waals surface area contributed by atoms with Gasteiger partial charge < -0.3 is 10.0 Å². The van der Waals surface area contributed by atoms with Crippen molar-refractivity contribution >= 4 is 11.9 Å². The van der Waals surface area contributed by atoms with E-state index >= 15 is 0 Å². The number of carbonyl (C=O) groups is 2. The molecule has 1 fully saturated rings. The summed E-state index contributed by atoms with van der Waals surface area (Å²) in [5, 5.41) is 8.70. The Labute approximate surface area is 117 Å². The predicted molar refractivity (Wildman–Crippen MR) is 72.2 cm³/mol. The van der Waals surface area contributed by atoms with Crippen molar-refractivity contribution < 1.29 is 14.7 Å². The number of aliphatic carboxylic acids is 1. The monoisotopic (exact) mass is 277 g/mol. The standard InChI is InChI=1S/C14H19N3O3/c1-10(18)17-6-2-3-11(9-17)13-8-15-7-12(16-13)4-5-14(19)20/h7-8,11H,2-6,9H2,1H3,(H,19,20). The van der Waals surface area contributed by atoms with Gasteiger partial charge in [0.1, 0.15) is 0 Å². The van der Waals surface area contributed by atoms with E-state index in [0.29, 0.717) is 18.7 Å². The van der Waals surface area contributed by atoms with Crippen molar-refractivity contribution in [3.63, 3.8) is 0 Å². The summed E-state index contributed by atoms with van der Waals surface area (Å²) >= 11 is 0. The molecule has 2 heterocycles. The lowest BCUT2D eigenvalue weighted by Gasteiger charge is -2.31. The van der Waals surface area contributed by atoms with Gasteiger partial charge in [0.15, 0.2) is 0 Å². The molecule has 0 spiro atoms. The molecule has 1 N–H and O–H groups in total. The molecule has 1 atom stereocenters. The molecule has 1 amide bonds. The fourth-order valence-electron chi connectivity index (χ4n) is 2.48.